The summed E-state index contributed by atoms with van der Waals surface area (Å²) in [6.45, 7) is 14.7. The van der Waals surface area contributed by atoms with Crippen molar-refractivity contribution in [2.24, 2.45) is 4.99 Å². The minimum Gasteiger partial charge on any atom is -0.444 e. The highest BCUT2D eigenvalue weighted by molar-refractivity contribution is 7.93. The number of amides is 3. The lowest BCUT2D eigenvalue weighted by atomic mass is 9.90. The predicted molar refractivity (Wildman–Crippen MR) is 154 cm³/mol. The molecule has 1 unspecified atom stereocenters. The van der Waals surface area contributed by atoms with Gasteiger partial charge in [0.2, 0.25) is 0 Å². The second-order valence-corrected chi connectivity index (χ2v) is 16.1. The van der Waals surface area contributed by atoms with Gasteiger partial charge in [-0.1, -0.05) is 0 Å². The lowest BCUT2D eigenvalue weighted by molar-refractivity contribution is 0.00527. The first-order valence-corrected chi connectivity index (χ1v) is 15.1. The van der Waals surface area contributed by atoms with Crippen molar-refractivity contribution in [3.63, 3.8) is 0 Å². The molecule has 2 N–H and O–H groups in total. The molecule has 1 aromatic carbocycles. The molecule has 1 fully saturated rings. The zero-order valence-corrected chi connectivity index (χ0v) is 26.6. The first-order valence-electron chi connectivity index (χ1n) is 13.4. The SMILES string of the molecule is CC(C)(C)OC(=O)N1CC2(C1)C(N(C(=O)OC(C)(C)C)C(=O)OC(C)(C)C)=NC(C)(c1cc(N)ccc1F)CS2(=O)=O. The lowest BCUT2D eigenvalue weighted by Gasteiger charge is -2.53. The van der Waals surface area contributed by atoms with Crippen LogP contribution in [0.5, 0.6) is 0 Å². The van der Waals surface area contributed by atoms with Crippen LogP contribution in [-0.2, 0) is 29.6 Å². The third-order valence-electron chi connectivity index (χ3n) is 6.31. The van der Waals surface area contributed by atoms with Crippen LogP contribution in [0.25, 0.3) is 0 Å². The number of anilines is 1. The fourth-order valence-electron chi connectivity index (χ4n) is 4.59. The van der Waals surface area contributed by atoms with Crippen LogP contribution in [0, 0.1) is 5.82 Å². The van der Waals surface area contributed by atoms with Crippen LogP contribution in [0.4, 0.5) is 24.5 Å². The summed E-state index contributed by atoms with van der Waals surface area (Å²) in [6, 6.07) is 3.64. The molecule has 2 aliphatic rings. The van der Waals surface area contributed by atoms with Gasteiger partial charge in [-0.2, -0.15) is 4.90 Å². The van der Waals surface area contributed by atoms with Crippen LogP contribution in [0.1, 0.15) is 74.8 Å². The van der Waals surface area contributed by atoms with Crippen LogP contribution in [-0.4, -0.2) is 82.7 Å². The Morgan fingerprint density at radius 3 is 1.86 bits per heavy atom. The molecule has 234 valence electrons. The molecule has 0 aliphatic carbocycles. The average Bonchev–Trinajstić information content (AvgIpc) is 2.69. The molecule has 0 bridgehead atoms. The monoisotopic (exact) mass is 612 g/mol. The van der Waals surface area contributed by atoms with Gasteiger partial charge in [0, 0.05) is 11.3 Å². The Balaban J connectivity index is 2.29. The van der Waals surface area contributed by atoms with E-state index in [-0.39, 0.29) is 11.3 Å². The number of likely N-dealkylation sites (tertiary alicyclic amines) is 1. The van der Waals surface area contributed by atoms with E-state index in [1.54, 1.807) is 62.3 Å². The van der Waals surface area contributed by atoms with Gasteiger partial charge in [0.15, 0.2) is 14.6 Å². The molecule has 42 heavy (non-hydrogen) atoms. The quantitative estimate of drug-likeness (QED) is 0.353. The molecule has 2 aliphatic heterocycles. The topological polar surface area (TPSA) is 158 Å². The highest BCUT2D eigenvalue weighted by Crippen LogP contribution is 2.45. The number of imide groups is 1. The van der Waals surface area contributed by atoms with E-state index in [4.69, 9.17) is 19.9 Å². The van der Waals surface area contributed by atoms with Gasteiger partial charge in [0.25, 0.3) is 0 Å². The fraction of sp³-hybridized carbons (Fsp3) is 0.643. The second kappa shape index (κ2) is 10.4. The lowest BCUT2D eigenvalue weighted by Crippen LogP contribution is -2.77. The van der Waals surface area contributed by atoms with E-state index in [1.165, 1.54) is 19.1 Å². The van der Waals surface area contributed by atoms with E-state index < -0.39 is 85.7 Å². The maximum atomic E-state index is 15.2. The number of nitrogen functional groups attached to an aromatic ring is 1. The predicted octanol–water partition coefficient (Wildman–Crippen LogP) is 4.61. The van der Waals surface area contributed by atoms with Gasteiger partial charge in [-0.05, 0) is 87.4 Å². The molecule has 0 saturated carbocycles. The molecule has 12 nitrogen and oxygen atoms in total. The number of sulfone groups is 1. The van der Waals surface area contributed by atoms with Crippen molar-refractivity contribution in [1.29, 1.82) is 0 Å². The first kappa shape index (κ1) is 33.1. The number of hydrogen-bond donors (Lipinski definition) is 1. The maximum absolute atomic E-state index is 15.2. The molecule has 3 rings (SSSR count). The van der Waals surface area contributed by atoms with Crippen molar-refractivity contribution >= 4 is 39.6 Å². The number of ether oxygens (including phenoxy) is 3. The standard InChI is InChI=1S/C28H41FN4O8S/c1-24(2,3)39-21(34)32-14-28(15-32)20(33(22(35)40-25(4,5)6)23(36)41-26(7,8)9)31-27(10,16-42(28,37)38)18-13-17(30)11-12-19(18)29/h11-13H,14-16,30H2,1-10H3. The normalized spacial score (nSPS) is 21.6. The maximum Gasteiger partial charge on any atom is 0.425 e. The van der Waals surface area contributed by atoms with Crippen molar-refractivity contribution in [3.05, 3.63) is 29.6 Å². The molecular formula is C28H41FN4O8S. The van der Waals surface area contributed by atoms with E-state index in [2.05, 4.69) is 4.99 Å². The minimum atomic E-state index is -4.38. The number of hydrogen-bond acceptors (Lipinski definition) is 10. The zero-order valence-electron chi connectivity index (χ0n) is 25.8. The van der Waals surface area contributed by atoms with Gasteiger partial charge < -0.3 is 24.8 Å². The van der Waals surface area contributed by atoms with Gasteiger partial charge in [-0.3, -0.25) is 4.99 Å². The first-order chi connectivity index (χ1) is 18.8. The molecule has 1 aromatic rings. The average molecular weight is 613 g/mol. The van der Waals surface area contributed by atoms with Crippen LogP contribution < -0.4 is 5.73 Å². The Morgan fingerprint density at radius 2 is 1.40 bits per heavy atom. The largest absolute Gasteiger partial charge is 0.444 e. The molecule has 0 radical (unpaired) electrons. The summed E-state index contributed by atoms with van der Waals surface area (Å²) in [6.07, 6.45) is -3.30. The Labute approximate surface area is 246 Å². The van der Waals surface area contributed by atoms with E-state index >= 15 is 4.39 Å². The highest BCUT2D eigenvalue weighted by Gasteiger charge is 2.66. The number of amidine groups is 1. The summed E-state index contributed by atoms with van der Waals surface area (Å²) in [5.74, 6) is -2.05. The van der Waals surface area contributed by atoms with E-state index in [0.717, 1.165) is 11.0 Å². The number of nitrogens with zero attached hydrogens (tertiary/aromatic N) is 3. The summed E-state index contributed by atoms with van der Waals surface area (Å²) in [5, 5.41) is 0. The van der Waals surface area contributed by atoms with Gasteiger partial charge in [-0.25, -0.2) is 27.2 Å². The molecule has 1 atom stereocenters. The van der Waals surface area contributed by atoms with Crippen LogP contribution >= 0.6 is 0 Å². The Morgan fingerprint density at radius 1 is 0.929 bits per heavy atom. The van der Waals surface area contributed by atoms with Crippen molar-refractivity contribution in [2.75, 3.05) is 24.6 Å². The third kappa shape index (κ3) is 6.79. The number of nitrogens with two attached hydrogens (primary N) is 1. The number of rotatable bonds is 1. The molecule has 2 heterocycles. The van der Waals surface area contributed by atoms with Crippen molar-refractivity contribution in [3.8, 4) is 0 Å². The van der Waals surface area contributed by atoms with Crippen LogP contribution in [0.2, 0.25) is 0 Å². The van der Waals surface area contributed by atoms with E-state index in [1.807, 2.05) is 0 Å². The van der Waals surface area contributed by atoms with Crippen molar-refractivity contribution in [1.82, 2.24) is 9.80 Å². The van der Waals surface area contributed by atoms with Crippen molar-refractivity contribution < 1.29 is 41.4 Å². The fourth-order valence-corrected chi connectivity index (χ4v) is 6.95. The molecular weight excluding hydrogens is 571 g/mol. The summed E-state index contributed by atoms with van der Waals surface area (Å²) in [4.78, 5) is 46.3. The number of halogens is 1. The minimum absolute atomic E-state index is 0.151. The molecule has 3 amide bonds. The number of aliphatic imine (C=N–C) groups is 1. The third-order valence-corrected chi connectivity index (χ3v) is 8.88. The highest BCUT2D eigenvalue weighted by atomic mass is 32.2. The van der Waals surface area contributed by atoms with Crippen molar-refractivity contribution in [2.45, 2.75) is 96.3 Å². The van der Waals surface area contributed by atoms with E-state index in [9.17, 15) is 22.8 Å². The van der Waals surface area contributed by atoms with Crippen LogP contribution in [0.15, 0.2) is 23.2 Å². The smallest absolute Gasteiger partial charge is 0.425 e. The van der Waals surface area contributed by atoms with Gasteiger partial charge in [0.05, 0.1) is 18.8 Å². The van der Waals surface area contributed by atoms with Gasteiger partial charge in [-0.15, -0.1) is 0 Å². The zero-order chi connectivity index (χ0) is 32.3. The van der Waals surface area contributed by atoms with Gasteiger partial charge >= 0.3 is 18.3 Å². The van der Waals surface area contributed by atoms with Gasteiger partial charge in [0.1, 0.15) is 34.0 Å². The summed E-state index contributed by atoms with van der Waals surface area (Å²) in [5.41, 5.74) is 0.985. The Kier molecular flexibility index (Phi) is 8.18. The number of carbonyl (C=O) groups excluding carboxylic acids is 3. The second-order valence-electron chi connectivity index (χ2n) is 13.8. The molecule has 1 spiro atoms. The molecule has 1 saturated heterocycles. The van der Waals surface area contributed by atoms with E-state index in [0.29, 0.717) is 4.90 Å². The number of carbonyl (C=O) groups is 3. The molecule has 0 aromatic heterocycles. The summed E-state index contributed by atoms with van der Waals surface area (Å²) < 4.78 is 57.9. The Hall–Kier alpha value is -3.42. The Bertz CT molecular complexity index is 1390. The summed E-state index contributed by atoms with van der Waals surface area (Å²) in [7, 11) is -4.38. The molecule has 14 heteroatoms. The van der Waals surface area contributed by atoms with Crippen LogP contribution in [0.3, 0.4) is 0 Å². The number of benzene rings is 1. The summed E-state index contributed by atoms with van der Waals surface area (Å²) >= 11 is 0.